The van der Waals surface area contributed by atoms with E-state index in [4.69, 9.17) is 9.40 Å². The summed E-state index contributed by atoms with van der Waals surface area (Å²) in [6.45, 7) is 0. The number of nitrogens with zero attached hydrogens (tertiary/aromatic N) is 1. The van der Waals surface area contributed by atoms with Crippen LogP contribution in [0, 0.1) is 0 Å². The van der Waals surface area contributed by atoms with Gasteiger partial charge < -0.3 is 4.42 Å². The molecule has 0 atom stereocenters. The second kappa shape index (κ2) is 11.8. The van der Waals surface area contributed by atoms with Crippen LogP contribution in [0.4, 0.5) is 0 Å². The third-order valence-corrected chi connectivity index (χ3v) is 10.8. The Hall–Kier alpha value is -7.03. The predicted molar refractivity (Wildman–Crippen MR) is 223 cm³/mol. The van der Waals surface area contributed by atoms with Crippen molar-refractivity contribution in [2.75, 3.05) is 0 Å². The van der Waals surface area contributed by atoms with Gasteiger partial charge in [0.1, 0.15) is 11.2 Å². The standard InChI is InChI=1S/C51H31NO/c1-2-12-36(13-3-1)51-44-31-47-50(42-19-9-11-21-46(42)53-47)48(49(44)41-18-8-10-20-45(41)52-51)35-28-24-33(25-29-35)32-22-26-34(27-23-32)43-30-37-14-4-5-15-38(37)39-16-6-7-17-40(39)43/h1-31H. The highest BCUT2D eigenvalue weighted by Crippen LogP contribution is 2.46. The van der Waals surface area contributed by atoms with E-state index in [1.165, 1.54) is 54.7 Å². The van der Waals surface area contributed by atoms with Gasteiger partial charge in [0.2, 0.25) is 0 Å². The van der Waals surface area contributed by atoms with Gasteiger partial charge >= 0.3 is 0 Å². The predicted octanol–water partition coefficient (Wildman–Crippen LogP) is 14.3. The maximum Gasteiger partial charge on any atom is 0.136 e. The van der Waals surface area contributed by atoms with Gasteiger partial charge in [-0.05, 0) is 73.6 Å². The van der Waals surface area contributed by atoms with Crippen molar-refractivity contribution in [3.63, 3.8) is 0 Å². The van der Waals surface area contributed by atoms with Crippen LogP contribution in [0.1, 0.15) is 0 Å². The molecule has 11 aromatic rings. The van der Waals surface area contributed by atoms with Crippen LogP contribution in [0.5, 0.6) is 0 Å². The van der Waals surface area contributed by atoms with Crippen LogP contribution in [0.2, 0.25) is 0 Å². The zero-order chi connectivity index (χ0) is 34.9. The van der Waals surface area contributed by atoms with Crippen molar-refractivity contribution in [1.29, 1.82) is 0 Å². The molecule has 0 saturated carbocycles. The molecule has 0 aliphatic carbocycles. The van der Waals surface area contributed by atoms with Crippen molar-refractivity contribution in [2.24, 2.45) is 0 Å². The fourth-order valence-corrected chi connectivity index (χ4v) is 8.39. The Labute approximate surface area is 306 Å². The minimum Gasteiger partial charge on any atom is -0.456 e. The Morgan fingerprint density at radius 3 is 1.70 bits per heavy atom. The van der Waals surface area contributed by atoms with E-state index in [2.05, 4.69) is 182 Å². The summed E-state index contributed by atoms with van der Waals surface area (Å²) in [5, 5.41) is 10.7. The molecule has 0 amide bonds. The van der Waals surface area contributed by atoms with Crippen LogP contribution in [0.25, 0.3) is 110 Å². The minimum absolute atomic E-state index is 0.865. The van der Waals surface area contributed by atoms with Crippen LogP contribution < -0.4 is 0 Å². The summed E-state index contributed by atoms with van der Waals surface area (Å²) in [5.41, 5.74) is 11.9. The zero-order valence-electron chi connectivity index (χ0n) is 28.8. The second-order valence-electron chi connectivity index (χ2n) is 13.8. The number of fused-ring (bicyclic) bond motifs is 9. The zero-order valence-corrected chi connectivity index (χ0v) is 28.8. The Morgan fingerprint density at radius 1 is 0.340 bits per heavy atom. The quantitative estimate of drug-likeness (QED) is 0.174. The first-order valence-electron chi connectivity index (χ1n) is 18.1. The highest BCUT2D eigenvalue weighted by atomic mass is 16.3. The molecule has 9 aromatic carbocycles. The molecule has 2 heterocycles. The van der Waals surface area contributed by atoms with Gasteiger partial charge in [-0.15, -0.1) is 0 Å². The topological polar surface area (TPSA) is 26.0 Å². The van der Waals surface area contributed by atoms with Crippen LogP contribution in [0.15, 0.2) is 192 Å². The number of aromatic nitrogens is 1. The van der Waals surface area contributed by atoms with Gasteiger partial charge in [-0.3, -0.25) is 0 Å². The first-order valence-corrected chi connectivity index (χ1v) is 18.1. The molecule has 0 aliphatic heterocycles. The fraction of sp³-hybridized carbons (Fsp3) is 0. The lowest BCUT2D eigenvalue weighted by atomic mass is 9.89. The molecular formula is C51H31NO. The summed E-state index contributed by atoms with van der Waals surface area (Å²) >= 11 is 0. The first kappa shape index (κ1) is 29.7. The van der Waals surface area contributed by atoms with E-state index in [0.29, 0.717) is 0 Å². The molecule has 246 valence electrons. The Kier molecular flexibility index (Phi) is 6.59. The summed E-state index contributed by atoms with van der Waals surface area (Å²) in [5.74, 6) is 0. The van der Waals surface area contributed by atoms with Crippen LogP contribution in [0.3, 0.4) is 0 Å². The molecule has 0 fully saturated rings. The fourth-order valence-electron chi connectivity index (χ4n) is 8.39. The van der Waals surface area contributed by atoms with Gasteiger partial charge in [-0.2, -0.15) is 0 Å². The summed E-state index contributed by atoms with van der Waals surface area (Å²) in [6.07, 6.45) is 0. The summed E-state index contributed by atoms with van der Waals surface area (Å²) < 4.78 is 6.59. The van der Waals surface area contributed by atoms with E-state index in [-0.39, 0.29) is 0 Å². The minimum atomic E-state index is 0.865. The lowest BCUT2D eigenvalue weighted by molar-refractivity contribution is 0.669. The third kappa shape index (κ3) is 4.70. The summed E-state index contributed by atoms with van der Waals surface area (Å²) in [6, 6.07) is 67.4. The SMILES string of the molecule is c1ccc(-c2nc3ccccc3c3c(-c4ccc(-c5ccc(-c6cc7ccccc7c7ccccc67)cc5)cc4)c4c(cc23)oc2ccccc24)cc1. The normalized spacial score (nSPS) is 11.8. The maximum atomic E-state index is 6.59. The van der Waals surface area contributed by atoms with Crippen molar-refractivity contribution in [2.45, 2.75) is 0 Å². The largest absolute Gasteiger partial charge is 0.456 e. The maximum absolute atomic E-state index is 6.59. The molecule has 53 heavy (non-hydrogen) atoms. The van der Waals surface area contributed by atoms with Crippen molar-refractivity contribution < 1.29 is 4.42 Å². The van der Waals surface area contributed by atoms with Crippen LogP contribution >= 0.6 is 0 Å². The number of rotatable bonds is 4. The lowest BCUT2D eigenvalue weighted by Gasteiger charge is -2.16. The molecule has 0 aliphatic rings. The van der Waals surface area contributed by atoms with Gasteiger partial charge in [0.05, 0.1) is 11.2 Å². The average Bonchev–Trinajstić information content (AvgIpc) is 3.61. The van der Waals surface area contributed by atoms with Gasteiger partial charge in [0.15, 0.2) is 0 Å². The number of para-hydroxylation sites is 2. The molecule has 2 nitrogen and oxygen atoms in total. The molecular weight excluding hydrogens is 643 g/mol. The highest BCUT2D eigenvalue weighted by Gasteiger charge is 2.21. The van der Waals surface area contributed by atoms with Gasteiger partial charge in [0.25, 0.3) is 0 Å². The third-order valence-electron chi connectivity index (χ3n) is 10.8. The molecule has 2 aromatic heterocycles. The molecule has 2 heteroatoms. The average molecular weight is 674 g/mol. The molecule has 0 N–H and O–H groups in total. The van der Waals surface area contributed by atoms with Crippen LogP contribution in [-0.2, 0) is 0 Å². The number of pyridine rings is 1. The highest BCUT2D eigenvalue weighted by molar-refractivity contribution is 6.27. The monoisotopic (exact) mass is 673 g/mol. The Bertz CT molecular complexity index is 3190. The number of hydrogen-bond donors (Lipinski definition) is 0. The summed E-state index contributed by atoms with van der Waals surface area (Å²) in [7, 11) is 0. The van der Waals surface area contributed by atoms with Gasteiger partial charge in [-0.1, -0.05) is 164 Å². The molecule has 0 saturated heterocycles. The van der Waals surface area contributed by atoms with E-state index in [9.17, 15) is 0 Å². The number of furan rings is 1. The van der Waals surface area contributed by atoms with E-state index >= 15 is 0 Å². The number of benzene rings is 9. The Balaban J connectivity index is 1.09. The van der Waals surface area contributed by atoms with Crippen molar-refractivity contribution in [3.8, 4) is 44.6 Å². The Morgan fingerprint density at radius 2 is 0.925 bits per heavy atom. The van der Waals surface area contributed by atoms with Crippen molar-refractivity contribution in [1.82, 2.24) is 4.98 Å². The van der Waals surface area contributed by atoms with E-state index in [0.717, 1.165) is 55.0 Å². The second-order valence-corrected chi connectivity index (χ2v) is 13.8. The van der Waals surface area contributed by atoms with E-state index < -0.39 is 0 Å². The first-order chi connectivity index (χ1) is 26.3. The molecule has 0 unspecified atom stereocenters. The van der Waals surface area contributed by atoms with Crippen molar-refractivity contribution in [3.05, 3.63) is 188 Å². The molecule has 0 bridgehead atoms. The number of hydrogen-bond acceptors (Lipinski definition) is 2. The molecule has 0 radical (unpaired) electrons. The van der Waals surface area contributed by atoms with Crippen molar-refractivity contribution >= 4 is 65.2 Å². The van der Waals surface area contributed by atoms with Gasteiger partial charge in [0, 0.05) is 38.1 Å². The van der Waals surface area contributed by atoms with Gasteiger partial charge in [-0.25, -0.2) is 4.98 Å². The van der Waals surface area contributed by atoms with Crippen LogP contribution in [-0.4, -0.2) is 4.98 Å². The molecule has 11 rings (SSSR count). The summed E-state index contributed by atoms with van der Waals surface area (Å²) in [4.78, 5) is 5.24. The van der Waals surface area contributed by atoms with E-state index in [1.807, 2.05) is 6.07 Å². The lowest BCUT2D eigenvalue weighted by Crippen LogP contribution is -1.93. The molecule has 0 spiro atoms. The van der Waals surface area contributed by atoms with E-state index in [1.54, 1.807) is 0 Å². The smallest absolute Gasteiger partial charge is 0.136 e.